The Bertz CT molecular complexity index is 301. The van der Waals surface area contributed by atoms with Crippen LogP contribution in [0.4, 0.5) is 0 Å². The zero-order valence-corrected chi connectivity index (χ0v) is 8.62. The molecule has 0 bridgehead atoms. The summed E-state index contributed by atoms with van der Waals surface area (Å²) in [5.74, 6) is 1.75. The highest BCUT2D eigenvalue weighted by atomic mass is 15.2. The molecule has 0 amide bonds. The second-order valence-electron chi connectivity index (χ2n) is 4.73. The minimum atomic E-state index is 0.404. The maximum atomic E-state index is 4.21. The number of nitrogens with zero attached hydrogens (tertiary/aromatic N) is 3. The molecule has 2 rings (SSSR count). The zero-order chi connectivity index (χ0) is 9.47. The molecule has 3 heteroatoms. The molecule has 1 heterocycles. The molecule has 72 valence electrons. The van der Waals surface area contributed by atoms with Crippen LogP contribution in [-0.2, 0) is 7.05 Å². The molecular weight excluding hydrogens is 162 g/mol. The maximum absolute atomic E-state index is 4.21. The van der Waals surface area contributed by atoms with Crippen molar-refractivity contribution in [2.75, 3.05) is 0 Å². The summed E-state index contributed by atoms with van der Waals surface area (Å²) in [5, 5.41) is 8.15. The monoisotopic (exact) mass is 179 g/mol. The van der Waals surface area contributed by atoms with Crippen molar-refractivity contribution < 1.29 is 0 Å². The fourth-order valence-corrected chi connectivity index (χ4v) is 2.41. The number of hydrogen-bond donors (Lipinski definition) is 0. The normalized spacial score (nSPS) is 26.5. The first-order chi connectivity index (χ1) is 6.11. The Kier molecular flexibility index (Phi) is 1.90. The van der Waals surface area contributed by atoms with Crippen LogP contribution in [-0.4, -0.2) is 14.8 Å². The van der Waals surface area contributed by atoms with Crippen molar-refractivity contribution in [3.63, 3.8) is 0 Å². The van der Waals surface area contributed by atoms with Gasteiger partial charge in [-0.15, -0.1) is 10.2 Å². The first-order valence-electron chi connectivity index (χ1n) is 4.95. The molecule has 0 radical (unpaired) electrons. The van der Waals surface area contributed by atoms with E-state index in [4.69, 9.17) is 0 Å². The molecular formula is C10H17N3. The lowest BCUT2D eigenvalue weighted by Gasteiger charge is -2.25. The Morgan fingerprint density at radius 2 is 2.31 bits per heavy atom. The lowest BCUT2D eigenvalue weighted by atomic mass is 9.81. The van der Waals surface area contributed by atoms with Crippen molar-refractivity contribution in [3.05, 3.63) is 12.2 Å². The van der Waals surface area contributed by atoms with E-state index in [9.17, 15) is 0 Å². The third kappa shape index (κ3) is 1.36. The van der Waals surface area contributed by atoms with Crippen molar-refractivity contribution in [1.82, 2.24) is 14.8 Å². The molecule has 13 heavy (non-hydrogen) atoms. The summed E-state index contributed by atoms with van der Waals surface area (Å²) in [6.45, 7) is 4.67. The molecule has 1 aromatic heterocycles. The van der Waals surface area contributed by atoms with E-state index >= 15 is 0 Å². The largest absolute Gasteiger partial charge is 0.320 e. The predicted molar refractivity (Wildman–Crippen MR) is 51.4 cm³/mol. The van der Waals surface area contributed by atoms with Gasteiger partial charge in [0.1, 0.15) is 12.2 Å². The van der Waals surface area contributed by atoms with Crippen LogP contribution in [0.5, 0.6) is 0 Å². The van der Waals surface area contributed by atoms with Gasteiger partial charge in [0.05, 0.1) is 0 Å². The quantitative estimate of drug-likeness (QED) is 0.661. The van der Waals surface area contributed by atoms with Crippen LogP contribution >= 0.6 is 0 Å². The smallest absolute Gasteiger partial charge is 0.136 e. The average Bonchev–Trinajstić information content (AvgIpc) is 2.56. The molecule has 0 N–H and O–H groups in total. The molecule has 1 fully saturated rings. The third-order valence-electron chi connectivity index (χ3n) is 3.32. The molecule has 1 unspecified atom stereocenters. The van der Waals surface area contributed by atoms with Crippen molar-refractivity contribution in [1.29, 1.82) is 0 Å². The lowest BCUT2D eigenvalue weighted by molar-refractivity contribution is 0.317. The molecule has 3 nitrogen and oxygen atoms in total. The summed E-state index contributed by atoms with van der Waals surface area (Å²) >= 11 is 0. The second kappa shape index (κ2) is 2.82. The minimum absolute atomic E-state index is 0.404. The van der Waals surface area contributed by atoms with E-state index in [-0.39, 0.29) is 0 Å². The highest BCUT2D eigenvalue weighted by molar-refractivity contribution is 5.05. The van der Waals surface area contributed by atoms with E-state index in [1.807, 2.05) is 7.05 Å². The summed E-state index contributed by atoms with van der Waals surface area (Å²) in [7, 11) is 2.03. The highest BCUT2D eigenvalue weighted by Gasteiger charge is 2.37. The van der Waals surface area contributed by atoms with Crippen molar-refractivity contribution in [3.8, 4) is 0 Å². The van der Waals surface area contributed by atoms with Gasteiger partial charge in [-0.2, -0.15) is 0 Å². The molecule has 0 saturated heterocycles. The summed E-state index contributed by atoms with van der Waals surface area (Å²) in [6, 6.07) is 0. The van der Waals surface area contributed by atoms with Gasteiger partial charge in [0.15, 0.2) is 0 Å². The van der Waals surface area contributed by atoms with Crippen LogP contribution in [0.15, 0.2) is 6.33 Å². The molecule has 1 aliphatic rings. The SMILES string of the molecule is Cn1cnnc1C1CCCC1(C)C. The molecule has 1 aromatic rings. The van der Waals surface area contributed by atoms with Gasteiger partial charge in [-0.25, -0.2) is 0 Å². The van der Waals surface area contributed by atoms with Gasteiger partial charge in [-0.1, -0.05) is 20.3 Å². The van der Waals surface area contributed by atoms with Crippen LogP contribution in [0.2, 0.25) is 0 Å². The standard InChI is InChI=1S/C10H17N3/c1-10(2)6-4-5-8(10)9-12-11-7-13(9)3/h7-8H,4-6H2,1-3H3. The summed E-state index contributed by atoms with van der Waals surface area (Å²) in [4.78, 5) is 0. The Morgan fingerprint density at radius 1 is 1.54 bits per heavy atom. The minimum Gasteiger partial charge on any atom is -0.320 e. The summed E-state index contributed by atoms with van der Waals surface area (Å²) < 4.78 is 2.05. The second-order valence-corrected chi connectivity index (χ2v) is 4.73. The van der Waals surface area contributed by atoms with Crippen molar-refractivity contribution >= 4 is 0 Å². The first-order valence-corrected chi connectivity index (χ1v) is 4.95. The maximum Gasteiger partial charge on any atom is 0.136 e. The summed E-state index contributed by atoms with van der Waals surface area (Å²) in [6.07, 6.45) is 5.69. The van der Waals surface area contributed by atoms with Gasteiger partial charge in [0.2, 0.25) is 0 Å². The van der Waals surface area contributed by atoms with Crippen molar-refractivity contribution in [2.24, 2.45) is 12.5 Å². The fourth-order valence-electron chi connectivity index (χ4n) is 2.41. The van der Waals surface area contributed by atoms with Gasteiger partial charge in [0, 0.05) is 13.0 Å². The van der Waals surface area contributed by atoms with Gasteiger partial charge in [0.25, 0.3) is 0 Å². The topological polar surface area (TPSA) is 30.7 Å². The predicted octanol–water partition coefficient (Wildman–Crippen LogP) is 2.11. The lowest BCUT2D eigenvalue weighted by Crippen LogP contribution is -2.18. The highest BCUT2D eigenvalue weighted by Crippen LogP contribution is 2.47. The molecule has 1 aliphatic carbocycles. The fraction of sp³-hybridized carbons (Fsp3) is 0.800. The molecule has 1 atom stereocenters. The van der Waals surface area contributed by atoms with E-state index in [1.165, 1.54) is 19.3 Å². The van der Waals surface area contributed by atoms with Gasteiger partial charge >= 0.3 is 0 Å². The van der Waals surface area contributed by atoms with E-state index < -0.39 is 0 Å². The Balaban J connectivity index is 2.31. The average molecular weight is 179 g/mol. The van der Waals surface area contributed by atoms with E-state index in [0.29, 0.717) is 11.3 Å². The van der Waals surface area contributed by atoms with Gasteiger partial charge < -0.3 is 4.57 Å². The molecule has 0 aromatic carbocycles. The first kappa shape index (κ1) is 8.73. The Labute approximate surface area is 79.2 Å². The number of aryl methyl sites for hydroxylation is 1. The van der Waals surface area contributed by atoms with Crippen molar-refractivity contribution in [2.45, 2.75) is 39.0 Å². The molecule has 0 spiro atoms. The number of rotatable bonds is 1. The van der Waals surface area contributed by atoms with Crippen LogP contribution in [0.3, 0.4) is 0 Å². The Morgan fingerprint density at radius 3 is 2.77 bits per heavy atom. The van der Waals surface area contributed by atoms with Crippen LogP contribution in [0.1, 0.15) is 44.9 Å². The summed E-state index contributed by atoms with van der Waals surface area (Å²) in [5.41, 5.74) is 0.404. The molecule has 1 saturated carbocycles. The van der Waals surface area contributed by atoms with Crippen LogP contribution < -0.4 is 0 Å². The van der Waals surface area contributed by atoms with Gasteiger partial charge in [-0.3, -0.25) is 0 Å². The van der Waals surface area contributed by atoms with Crippen LogP contribution in [0, 0.1) is 5.41 Å². The number of aromatic nitrogens is 3. The van der Waals surface area contributed by atoms with E-state index in [0.717, 1.165) is 5.82 Å². The van der Waals surface area contributed by atoms with E-state index in [2.05, 4.69) is 28.6 Å². The zero-order valence-electron chi connectivity index (χ0n) is 8.62. The number of hydrogen-bond acceptors (Lipinski definition) is 2. The van der Waals surface area contributed by atoms with Crippen LogP contribution in [0.25, 0.3) is 0 Å². The third-order valence-corrected chi connectivity index (χ3v) is 3.32. The Hall–Kier alpha value is -0.860. The van der Waals surface area contributed by atoms with Gasteiger partial charge in [-0.05, 0) is 18.3 Å². The van der Waals surface area contributed by atoms with E-state index in [1.54, 1.807) is 6.33 Å². The molecule has 0 aliphatic heterocycles.